The van der Waals surface area contributed by atoms with Gasteiger partial charge in [-0.25, -0.2) is 0 Å². The van der Waals surface area contributed by atoms with E-state index in [0.29, 0.717) is 0 Å². The van der Waals surface area contributed by atoms with E-state index >= 15 is 0 Å². The Labute approximate surface area is 71.1 Å². The zero-order valence-electron chi connectivity index (χ0n) is 5.25. The first-order chi connectivity index (χ1) is 5.54. The first-order valence-electron chi connectivity index (χ1n) is 2.43. The van der Waals surface area contributed by atoms with Crippen LogP contribution in [0.1, 0.15) is 0 Å². The van der Waals surface area contributed by atoms with Gasteiger partial charge in [0.1, 0.15) is 4.91 Å². The third-order valence-corrected chi connectivity index (χ3v) is 2.38. The second-order valence-electron chi connectivity index (χ2n) is 1.61. The minimum Gasteiger partial charge on any atom is -0.768 e. The lowest BCUT2D eigenvalue weighted by Crippen LogP contribution is -2.05. The Morgan fingerprint density at radius 2 is 1.67 bits per heavy atom. The molecule has 0 aromatic carbocycles. The maximum Gasteiger partial charge on any atom is 0.306 e. The SMILES string of the molecule is O=C1N=NC(S(=O)[O-])=C1S(=O)[O-]. The van der Waals surface area contributed by atoms with Crippen molar-refractivity contribution in [2.24, 2.45) is 10.2 Å². The monoisotopic (exact) mass is 208 g/mol. The van der Waals surface area contributed by atoms with Gasteiger partial charge in [0, 0.05) is 11.1 Å². The average molecular weight is 208 g/mol. The van der Waals surface area contributed by atoms with E-state index in [9.17, 15) is 22.3 Å². The number of carbonyl (C=O) groups excluding carboxylic acids is 1. The minimum absolute atomic E-state index is 0.840. The largest absolute Gasteiger partial charge is 0.768 e. The summed E-state index contributed by atoms with van der Waals surface area (Å²) in [5, 5.41) is 4.80. The number of rotatable bonds is 2. The van der Waals surface area contributed by atoms with Crippen LogP contribution in [0.2, 0.25) is 0 Å². The van der Waals surface area contributed by atoms with Crippen LogP contribution in [0.4, 0.5) is 0 Å². The zero-order valence-corrected chi connectivity index (χ0v) is 6.89. The molecule has 0 aromatic rings. The topological polar surface area (TPSA) is 122 Å². The minimum atomic E-state index is -2.92. The van der Waals surface area contributed by atoms with E-state index < -0.39 is 38.0 Å². The average Bonchev–Trinajstić information content (AvgIpc) is 2.30. The Balaban J connectivity index is 3.22. The molecule has 0 aromatic heterocycles. The number of hydrogen-bond acceptors (Lipinski definition) is 6. The van der Waals surface area contributed by atoms with Crippen molar-refractivity contribution in [1.82, 2.24) is 0 Å². The summed E-state index contributed by atoms with van der Waals surface area (Å²) in [5.41, 5.74) is 0. The summed E-state index contributed by atoms with van der Waals surface area (Å²) in [6.45, 7) is 0. The van der Waals surface area contributed by atoms with Crippen molar-refractivity contribution < 1.29 is 22.3 Å². The van der Waals surface area contributed by atoms with Gasteiger partial charge in [-0.15, -0.1) is 10.2 Å². The second kappa shape index (κ2) is 3.31. The summed E-state index contributed by atoms with van der Waals surface area (Å²) in [7, 11) is 0. The summed E-state index contributed by atoms with van der Waals surface area (Å²) in [6, 6.07) is 0. The summed E-state index contributed by atoms with van der Waals surface area (Å²) in [4.78, 5) is 9.63. The number of carbonyl (C=O) groups is 1. The molecule has 0 bridgehead atoms. The van der Waals surface area contributed by atoms with Crippen LogP contribution >= 0.6 is 0 Å². The van der Waals surface area contributed by atoms with E-state index in [1.807, 2.05) is 0 Å². The Bertz CT molecular complexity index is 329. The van der Waals surface area contributed by atoms with Gasteiger partial charge in [0.2, 0.25) is 0 Å². The van der Waals surface area contributed by atoms with Crippen LogP contribution < -0.4 is 0 Å². The van der Waals surface area contributed by atoms with Gasteiger partial charge in [0.15, 0.2) is 5.03 Å². The Hall–Kier alpha value is -0.770. The zero-order chi connectivity index (χ0) is 9.30. The standard InChI is InChI=1S/C3H2N2O5S2/c6-2-1(11(7)8)3(5-4-2)12(9)10/h(H,7,8)(H,9,10)/p-2. The van der Waals surface area contributed by atoms with Crippen molar-refractivity contribution in [3.63, 3.8) is 0 Å². The van der Waals surface area contributed by atoms with Gasteiger partial charge in [-0.2, -0.15) is 0 Å². The third kappa shape index (κ3) is 1.53. The molecule has 0 radical (unpaired) electrons. The Morgan fingerprint density at radius 1 is 1.08 bits per heavy atom. The summed E-state index contributed by atoms with van der Waals surface area (Å²) in [6.07, 6.45) is 0. The van der Waals surface area contributed by atoms with Crippen LogP contribution in [-0.4, -0.2) is 23.4 Å². The highest BCUT2D eigenvalue weighted by atomic mass is 32.2. The molecule has 66 valence electrons. The van der Waals surface area contributed by atoms with Crippen molar-refractivity contribution in [3.05, 3.63) is 9.93 Å². The van der Waals surface area contributed by atoms with E-state index in [2.05, 4.69) is 10.2 Å². The summed E-state index contributed by atoms with van der Waals surface area (Å²) >= 11 is -5.78. The lowest BCUT2D eigenvalue weighted by atomic mass is 10.6. The molecule has 0 saturated carbocycles. The molecule has 1 aliphatic heterocycles. The fourth-order valence-electron chi connectivity index (χ4n) is 0.525. The maximum atomic E-state index is 10.5. The molecule has 1 amide bonds. The van der Waals surface area contributed by atoms with E-state index in [1.165, 1.54) is 0 Å². The van der Waals surface area contributed by atoms with Crippen molar-refractivity contribution in [2.45, 2.75) is 0 Å². The Morgan fingerprint density at radius 3 is 2.00 bits per heavy atom. The quantitative estimate of drug-likeness (QED) is 0.533. The van der Waals surface area contributed by atoms with E-state index in [4.69, 9.17) is 0 Å². The molecular weight excluding hydrogens is 208 g/mol. The van der Waals surface area contributed by atoms with Gasteiger partial charge >= 0.3 is 5.91 Å². The third-order valence-electron chi connectivity index (χ3n) is 0.945. The highest BCUT2D eigenvalue weighted by Gasteiger charge is 2.22. The molecule has 0 N–H and O–H groups in total. The van der Waals surface area contributed by atoms with Crippen LogP contribution in [0.25, 0.3) is 0 Å². The Kier molecular flexibility index (Phi) is 2.57. The second-order valence-corrected chi connectivity index (χ2v) is 3.34. The molecule has 1 rings (SSSR count). The molecule has 0 spiro atoms. The fourth-order valence-corrected chi connectivity index (χ4v) is 1.65. The first kappa shape index (κ1) is 9.32. The van der Waals surface area contributed by atoms with Gasteiger partial charge < -0.3 is 9.11 Å². The van der Waals surface area contributed by atoms with Crippen LogP contribution in [0.5, 0.6) is 0 Å². The van der Waals surface area contributed by atoms with Gasteiger partial charge in [0.05, 0.1) is 0 Å². The molecule has 0 saturated heterocycles. The van der Waals surface area contributed by atoms with Crippen molar-refractivity contribution in [3.8, 4) is 0 Å². The molecule has 2 atom stereocenters. The van der Waals surface area contributed by atoms with Gasteiger partial charge in [0.25, 0.3) is 0 Å². The van der Waals surface area contributed by atoms with E-state index in [1.54, 1.807) is 0 Å². The van der Waals surface area contributed by atoms with Crippen LogP contribution in [0.15, 0.2) is 20.2 Å². The van der Waals surface area contributed by atoms with Crippen molar-refractivity contribution >= 4 is 28.1 Å². The predicted octanol–water partition coefficient (Wildman–Crippen LogP) is -1.09. The normalized spacial score (nSPS) is 21.7. The molecule has 7 nitrogen and oxygen atoms in total. The summed E-state index contributed by atoms with van der Waals surface area (Å²) < 4.78 is 41.0. The maximum absolute atomic E-state index is 10.5. The van der Waals surface area contributed by atoms with E-state index in [0.717, 1.165) is 0 Å². The van der Waals surface area contributed by atoms with E-state index in [-0.39, 0.29) is 0 Å². The summed E-state index contributed by atoms with van der Waals surface area (Å²) in [5.74, 6) is -1.16. The lowest BCUT2D eigenvalue weighted by Gasteiger charge is -2.06. The van der Waals surface area contributed by atoms with Gasteiger partial charge in [-0.05, 0) is 11.1 Å². The molecule has 1 heterocycles. The highest BCUT2D eigenvalue weighted by molar-refractivity contribution is 7.88. The highest BCUT2D eigenvalue weighted by Crippen LogP contribution is 2.20. The van der Waals surface area contributed by atoms with Crippen LogP contribution in [0.3, 0.4) is 0 Å². The number of azo groups is 1. The predicted molar refractivity (Wildman–Crippen MR) is 34.7 cm³/mol. The van der Waals surface area contributed by atoms with Gasteiger partial charge in [-0.3, -0.25) is 13.2 Å². The molecule has 1 aliphatic rings. The number of hydrogen-bond donors (Lipinski definition) is 0. The molecule has 0 fully saturated rings. The molecule has 0 aliphatic carbocycles. The fraction of sp³-hybridized carbons (Fsp3) is 0. The molecule has 2 unspecified atom stereocenters. The van der Waals surface area contributed by atoms with Gasteiger partial charge in [-0.1, -0.05) is 0 Å². The first-order valence-corrected chi connectivity index (χ1v) is 4.58. The van der Waals surface area contributed by atoms with Crippen LogP contribution in [-0.2, 0) is 27.0 Å². The molecule has 12 heavy (non-hydrogen) atoms. The number of nitrogens with zero attached hydrogens (tertiary/aromatic N) is 2. The van der Waals surface area contributed by atoms with Crippen molar-refractivity contribution in [2.75, 3.05) is 0 Å². The molecular formula is C3N2O5S2-2. The van der Waals surface area contributed by atoms with Crippen LogP contribution in [0, 0.1) is 0 Å². The number of amides is 1. The lowest BCUT2D eigenvalue weighted by molar-refractivity contribution is -0.113. The smallest absolute Gasteiger partial charge is 0.306 e. The molecule has 9 heteroatoms. The van der Waals surface area contributed by atoms with Crippen molar-refractivity contribution in [1.29, 1.82) is 0 Å².